The van der Waals surface area contributed by atoms with Gasteiger partial charge < -0.3 is 5.32 Å². The average Bonchev–Trinajstić information content (AvgIpc) is 2.01. The van der Waals surface area contributed by atoms with Crippen LogP contribution in [-0.2, 0) is 4.79 Å². The van der Waals surface area contributed by atoms with E-state index in [2.05, 4.69) is 11.9 Å². The van der Waals surface area contributed by atoms with Crippen molar-refractivity contribution in [1.29, 1.82) is 5.26 Å². The third-order valence-corrected chi connectivity index (χ3v) is 0.900. The molecule has 0 spiro atoms. The molecule has 0 saturated carbocycles. The number of rotatable bonds is 3. The molecule has 0 saturated heterocycles. The molecule has 0 unspecified atom stereocenters. The fourth-order valence-electron chi connectivity index (χ4n) is 0.452. The number of hydrogen-bond acceptors (Lipinski definition) is 3. The zero-order chi connectivity index (χ0) is 9.40. The molecule has 0 aromatic rings. The molecule has 64 valence electrons. The second-order valence-electron chi connectivity index (χ2n) is 1.88. The van der Waals surface area contributed by atoms with Crippen molar-refractivity contribution in [2.75, 3.05) is 6.54 Å². The lowest BCUT2D eigenvalue weighted by molar-refractivity contribution is -0.119. The summed E-state index contributed by atoms with van der Waals surface area (Å²) in [6.45, 7) is 3.65. The van der Waals surface area contributed by atoms with Crippen LogP contribution in [0.5, 0.6) is 0 Å². The highest BCUT2D eigenvalue weighted by atomic mass is 16.2. The van der Waals surface area contributed by atoms with Crippen LogP contribution in [0.25, 0.3) is 0 Å². The van der Waals surface area contributed by atoms with Crippen LogP contribution in [0.3, 0.4) is 0 Å². The first kappa shape index (κ1) is 10.2. The van der Waals surface area contributed by atoms with Crippen molar-refractivity contribution < 1.29 is 9.59 Å². The SMILES string of the molecule is C=CCNC(=O)NC(=O)CC#N. The van der Waals surface area contributed by atoms with Gasteiger partial charge in [-0.05, 0) is 0 Å². The maximum absolute atomic E-state index is 10.7. The van der Waals surface area contributed by atoms with Crippen LogP contribution in [0.4, 0.5) is 4.79 Å². The predicted molar refractivity (Wildman–Crippen MR) is 42.0 cm³/mol. The summed E-state index contributed by atoms with van der Waals surface area (Å²) in [4.78, 5) is 21.3. The Morgan fingerprint density at radius 3 is 2.75 bits per heavy atom. The van der Waals surface area contributed by atoms with E-state index in [0.717, 1.165) is 0 Å². The Kier molecular flexibility index (Phi) is 5.02. The summed E-state index contributed by atoms with van der Waals surface area (Å²) in [6, 6.07) is 1.00. The molecular weight excluding hydrogens is 158 g/mol. The first-order valence-electron chi connectivity index (χ1n) is 3.26. The first-order valence-corrected chi connectivity index (χ1v) is 3.26. The Hall–Kier alpha value is -1.83. The quantitative estimate of drug-likeness (QED) is 0.576. The number of hydrogen-bond donors (Lipinski definition) is 2. The lowest BCUT2D eigenvalue weighted by Crippen LogP contribution is -2.39. The Bertz CT molecular complexity index is 229. The number of nitriles is 1. The zero-order valence-electron chi connectivity index (χ0n) is 6.46. The average molecular weight is 167 g/mol. The molecule has 3 amide bonds. The van der Waals surface area contributed by atoms with E-state index in [9.17, 15) is 9.59 Å². The summed E-state index contributed by atoms with van der Waals surface area (Å²) in [7, 11) is 0. The molecule has 0 aliphatic rings. The van der Waals surface area contributed by atoms with Crippen molar-refractivity contribution in [3.05, 3.63) is 12.7 Å². The summed E-state index contributed by atoms with van der Waals surface area (Å²) >= 11 is 0. The maximum Gasteiger partial charge on any atom is 0.321 e. The van der Waals surface area contributed by atoms with Crippen LogP contribution >= 0.6 is 0 Å². The topological polar surface area (TPSA) is 82.0 Å². The molecule has 0 heterocycles. The summed E-state index contributed by atoms with van der Waals surface area (Å²) in [5.74, 6) is -0.612. The fraction of sp³-hybridized carbons (Fsp3) is 0.286. The van der Waals surface area contributed by atoms with Crippen molar-refractivity contribution in [2.24, 2.45) is 0 Å². The highest BCUT2D eigenvalue weighted by Crippen LogP contribution is 1.75. The van der Waals surface area contributed by atoms with E-state index >= 15 is 0 Å². The van der Waals surface area contributed by atoms with Gasteiger partial charge in [-0.1, -0.05) is 6.08 Å². The molecule has 5 heteroatoms. The van der Waals surface area contributed by atoms with E-state index in [1.807, 2.05) is 5.32 Å². The van der Waals surface area contributed by atoms with Gasteiger partial charge in [0.1, 0.15) is 6.42 Å². The van der Waals surface area contributed by atoms with Gasteiger partial charge in [0.25, 0.3) is 0 Å². The molecule has 0 aliphatic carbocycles. The smallest absolute Gasteiger partial charge is 0.321 e. The molecule has 0 atom stereocenters. The van der Waals surface area contributed by atoms with E-state index in [1.54, 1.807) is 6.07 Å². The summed E-state index contributed by atoms with van der Waals surface area (Å²) in [5.41, 5.74) is 0. The second kappa shape index (κ2) is 5.92. The van der Waals surface area contributed by atoms with Crippen molar-refractivity contribution in [3.63, 3.8) is 0 Å². The minimum atomic E-state index is -0.616. The molecule has 0 radical (unpaired) electrons. The van der Waals surface area contributed by atoms with Gasteiger partial charge in [0.05, 0.1) is 6.07 Å². The molecule has 0 rings (SSSR count). The van der Waals surface area contributed by atoms with Gasteiger partial charge >= 0.3 is 6.03 Å². The number of carbonyl (C=O) groups is 2. The van der Waals surface area contributed by atoms with Crippen molar-refractivity contribution in [1.82, 2.24) is 10.6 Å². The molecule has 0 bridgehead atoms. The Balaban J connectivity index is 3.63. The van der Waals surface area contributed by atoms with Crippen LogP contribution in [0, 0.1) is 11.3 Å². The molecule has 5 nitrogen and oxygen atoms in total. The third-order valence-electron chi connectivity index (χ3n) is 0.900. The largest absolute Gasteiger partial charge is 0.334 e. The first-order chi connectivity index (χ1) is 5.70. The lowest BCUT2D eigenvalue weighted by Gasteiger charge is -2.01. The van der Waals surface area contributed by atoms with Gasteiger partial charge in [-0.2, -0.15) is 5.26 Å². The number of carbonyl (C=O) groups excluding carboxylic acids is 2. The minimum absolute atomic E-state index is 0.283. The monoisotopic (exact) mass is 167 g/mol. The van der Waals surface area contributed by atoms with E-state index in [-0.39, 0.29) is 13.0 Å². The fourth-order valence-corrected chi connectivity index (χ4v) is 0.452. The van der Waals surface area contributed by atoms with Gasteiger partial charge in [-0.25, -0.2) is 4.79 Å². The van der Waals surface area contributed by atoms with Gasteiger partial charge in [0, 0.05) is 6.54 Å². The van der Waals surface area contributed by atoms with E-state index < -0.39 is 11.9 Å². The molecule has 0 aromatic heterocycles. The van der Waals surface area contributed by atoms with Crippen LogP contribution < -0.4 is 10.6 Å². The van der Waals surface area contributed by atoms with Gasteiger partial charge in [0.2, 0.25) is 5.91 Å². The Morgan fingerprint density at radius 1 is 1.58 bits per heavy atom. The summed E-state index contributed by atoms with van der Waals surface area (Å²) in [5, 5.41) is 12.3. The van der Waals surface area contributed by atoms with E-state index in [0.29, 0.717) is 0 Å². The minimum Gasteiger partial charge on any atom is -0.334 e. The molecule has 0 aromatic carbocycles. The predicted octanol–water partition coefficient (Wildman–Crippen LogP) is -0.0881. The molecule has 2 N–H and O–H groups in total. The van der Waals surface area contributed by atoms with Gasteiger partial charge in [-0.15, -0.1) is 6.58 Å². The lowest BCUT2D eigenvalue weighted by atomic mass is 10.4. The van der Waals surface area contributed by atoms with Crippen molar-refractivity contribution >= 4 is 11.9 Å². The number of urea groups is 1. The Labute approximate surface area is 70.1 Å². The summed E-state index contributed by atoms with van der Waals surface area (Å²) < 4.78 is 0. The normalized spacial score (nSPS) is 7.92. The van der Waals surface area contributed by atoms with E-state index in [4.69, 9.17) is 5.26 Å². The highest BCUT2D eigenvalue weighted by Gasteiger charge is 2.04. The number of imide groups is 1. The molecule has 0 aliphatic heterocycles. The second-order valence-corrected chi connectivity index (χ2v) is 1.88. The molecular formula is C7H9N3O2. The molecule has 0 fully saturated rings. The number of nitrogens with zero attached hydrogens (tertiary/aromatic N) is 1. The number of nitrogens with one attached hydrogen (secondary N) is 2. The van der Waals surface area contributed by atoms with E-state index in [1.165, 1.54) is 6.08 Å². The van der Waals surface area contributed by atoms with Gasteiger partial charge in [-0.3, -0.25) is 10.1 Å². The van der Waals surface area contributed by atoms with Crippen LogP contribution in [-0.4, -0.2) is 18.5 Å². The van der Waals surface area contributed by atoms with Crippen LogP contribution in [0.2, 0.25) is 0 Å². The number of amides is 3. The standard InChI is InChI=1S/C7H9N3O2/c1-2-5-9-7(12)10-6(11)3-4-8/h2H,1,3,5H2,(H2,9,10,11,12). The molecule has 12 heavy (non-hydrogen) atoms. The maximum atomic E-state index is 10.7. The van der Waals surface area contributed by atoms with Crippen LogP contribution in [0.1, 0.15) is 6.42 Å². The zero-order valence-corrected chi connectivity index (χ0v) is 6.46. The van der Waals surface area contributed by atoms with Crippen LogP contribution in [0.15, 0.2) is 12.7 Å². The van der Waals surface area contributed by atoms with Gasteiger partial charge in [0.15, 0.2) is 0 Å². The van der Waals surface area contributed by atoms with Crippen molar-refractivity contribution in [3.8, 4) is 6.07 Å². The van der Waals surface area contributed by atoms with Crippen molar-refractivity contribution in [2.45, 2.75) is 6.42 Å². The third kappa shape index (κ3) is 4.99. The Morgan fingerprint density at radius 2 is 2.25 bits per heavy atom. The summed E-state index contributed by atoms with van der Waals surface area (Å²) in [6.07, 6.45) is 1.16. The highest BCUT2D eigenvalue weighted by molar-refractivity contribution is 5.95.